The van der Waals surface area contributed by atoms with Gasteiger partial charge in [-0.2, -0.15) is 0 Å². The molecule has 3 rings (SSSR count). The van der Waals surface area contributed by atoms with Crippen LogP contribution in [0.5, 0.6) is 0 Å². The molecule has 30 heavy (non-hydrogen) atoms. The molecular formula is C21H28FN5O2S. The summed E-state index contributed by atoms with van der Waals surface area (Å²) >= 11 is 1.35. The maximum Gasteiger partial charge on any atom is 0.251 e. The lowest BCUT2D eigenvalue weighted by molar-refractivity contribution is -0.119. The van der Waals surface area contributed by atoms with Crippen molar-refractivity contribution < 1.29 is 14.0 Å². The Morgan fingerprint density at radius 3 is 2.63 bits per heavy atom. The second-order valence-electron chi connectivity index (χ2n) is 7.56. The SMILES string of the molecule is CCn1c(CNC(=O)c2ccc(F)cc2)nnc1SCC(=O)N[C@H]1CCCC[C@@H]1C. The van der Waals surface area contributed by atoms with Gasteiger partial charge >= 0.3 is 0 Å². The van der Waals surface area contributed by atoms with Gasteiger partial charge < -0.3 is 15.2 Å². The fraction of sp³-hybridized carbons (Fsp3) is 0.524. The number of rotatable bonds is 8. The molecule has 1 aliphatic carbocycles. The number of halogens is 1. The lowest BCUT2D eigenvalue weighted by atomic mass is 9.86. The van der Waals surface area contributed by atoms with Gasteiger partial charge in [0.2, 0.25) is 5.91 Å². The van der Waals surface area contributed by atoms with Crippen molar-refractivity contribution in [3.8, 4) is 0 Å². The third-order valence-electron chi connectivity index (χ3n) is 5.41. The van der Waals surface area contributed by atoms with Gasteiger partial charge in [-0.15, -0.1) is 10.2 Å². The molecule has 0 spiro atoms. The summed E-state index contributed by atoms with van der Waals surface area (Å²) in [4.78, 5) is 24.6. The number of benzene rings is 1. The van der Waals surface area contributed by atoms with Gasteiger partial charge in [0.15, 0.2) is 11.0 Å². The Bertz CT molecular complexity index is 871. The van der Waals surface area contributed by atoms with Gasteiger partial charge in [-0.3, -0.25) is 9.59 Å². The van der Waals surface area contributed by atoms with Gasteiger partial charge in [0, 0.05) is 18.2 Å². The summed E-state index contributed by atoms with van der Waals surface area (Å²) in [6.45, 7) is 4.97. The molecule has 2 aromatic rings. The first-order valence-electron chi connectivity index (χ1n) is 10.4. The van der Waals surface area contributed by atoms with E-state index in [0.717, 1.165) is 12.8 Å². The quantitative estimate of drug-likeness (QED) is 0.625. The van der Waals surface area contributed by atoms with Crippen LogP contribution in [-0.4, -0.2) is 38.4 Å². The molecule has 0 bridgehead atoms. The topological polar surface area (TPSA) is 88.9 Å². The van der Waals surface area contributed by atoms with Crippen LogP contribution in [0.2, 0.25) is 0 Å². The summed E-state index contributed by atoms with van der Waals surface area (Å²) in [6.07, 6.45) is 4.61. The summed E-state index contributed by atoms with van der Waals surface area (Å²) in [5.41, 5.74) is 0.377. The van der Waals surface area contributed by atoms with Crippen molar-refractivity contribution in [2.24, 2.45) is 5.92 Å². The molecule has 0 unspecified atom stereocenters. The second-order valence-corrected chi connectivity index (χ2v) is 8.50. The fourth-order valence-corrected chi connectivity index (χ4v) is 4.48. The van der Waals surface area contributed by atoms with E-state index in [1.165, 1.54) is 48.9 Å². The molecule has 0 saturated heterocycles. The summed E-state index contributed by atoms with van der Waals surface area (Å²) in [5.74, 6) is 0.718. The van der Waals surface area contributed by atoms with Gasteiger partial charge in [-0.1, -0.05) is 31.5 Å². The number of aromatic nitrogens is 3. The standard InChI is InChI=1S/C21H28FN5O2S/c1-3-27-18(12-23-20(29)15-8-10-16(22)11-9-15)25-26-21(27)30-13-19(28)24-17-7-5-4-6-14(17)2/h8-11,14,17H,3-7,12-13H2,1-2H3,(H,23,29)(H,24,28)/t14-,17-/m0/s1. The van der Waals surface area contributed by atoms with Crippen molar-refractivity contribution in [1.29, 1.82) is 0 Å². The van der Waals surface area contributed by atoms with Crippen LogP contribution in [0.15, 0.2) is 29.4 Å². The normalized spacial score (nSPS) is 18.8. The van der Waals surface area contributed by atoms with Gasteiger partial charge in [0.25, 0.3) is 5.91 Å². The zero-order valence-corrected chi connectivity index (χ0v) is 18.2. The molecule has 2 atom stereocenters. The van der Waals surface area contributed by atoms with Crippen LogP contribution in [0.1, 0.15) is 55.7 Å². The fourth-order valence-electron chi connectivity index (χ4n) is 3.65. The van der Waals surface area contributed by atoms with E-state index in [2.05, 4.69) is 27.8 Å². The van der Waals surface area contributed by atoms with Gasteiger partial charge in [-0.25, -0.2) is 4.39 Å². The zero-order valence-electron chi connectivity index (χ0n) is 17.4. The highest BCUT2D eigenvalue weighted by atomic mass is 32.2. The number of hydrogen-bond donors (Lipinski definition) is 2. The first-order chi connectivity index (χ1) is 14.5. The van der Waals surface area contributed by atoms with Gasteiger partial charge in [0.1, 0.15) is 5.82 Å². The van der Waals surface area contributed by atoms with E-state index in [9.17, 15) is 14.0 Å². The Morgan fingerprint density at radius 1 is 1.20 bits per heavy atom. The Hall–Kier alpha value is -2.42. The molecular weight excluding hydrogens is 405 g/mol. The van der Waals surface area contributed by atoms with Crippen LogP contribution < -0.4 is 10.6 Å². The third kappa shape index (κ3) is 5.81. The minimum Gasteiger partial charge on any atom is -0.352 e. The number of nitrogens with one attached hydrogen (secondary N) is 2. The maximum absolute atomic E-state index is 13.0. The second kappa shape index (κ2) is 10.6. The van der Waals surface area contributed by atoms with Crippen molar-refractivity contribution in [2.45, 2.75) is 63.8 Å². The monoisotopic (exact) mass is 433 g/mol. The molecule has 2 N–H and O–H groups in total. The van der Waals surface area contributed by atoms with Crippen LogP contribution >= 0.6 is 11.8 Å². The summed E-state index contributed by atoms with van der Waals surface area (Å²) < 4.78 is 14.9. The van der Waals surface area contributed by atoms with E-state index in [0.29, 0.717) is 29.0 Å². The van der Waals surface area contributed by atoms with E-state index in [4.69, 9.17) is 0 Å². The molecule has 1 saturated carbocycles. The molecule has 1 aromatic carbocycles. The summed E-state index contributed by atoms with van der Waals surface area (Å²) in [6, 6.07) is 5.62. The van der Waals surface area contributed by atoms with Crippen LogP contribution in [0.4, 0.5) is 4.39 Å². The molecule has 9 heteroatoms. The predicted octanol–water partition coefficient (Wildman–Crippen LogP) is 3.15. The molecule has 1 heterocycles. The molecule has 162 valence electrons. The number of amides is 2. The van der Waals surface area contributed by atoms with Crippen LogP contribution in [0, 0.1) is 11.7 Å². The molecule has 0 radical (unpaired) electrons. The van der Waals surface area contributed by atoms with E-state index >= 15 is 0 Å². The number of hydrogen-bond acceptors (Lipinski definition) is 5. The largest absolute Gasteiger partial charge is 0.352 e. The van der Waals surface area contributed by atoms with Crippen LogP contribution in [0.25, 0.3) is 0 Å². The molecule has 2 amide bonds. The number of carbonyl (C=O) groups is 2. The minimum atomic E-state index is -0.388. The minimum absolute atomic E-state index is 0.00978. The molecule has 1 aromatic heterocycles. The Balaban J connectivity index is 1.52. The van der Waals surface area contributed by atoms with Crippen LogP contribution in [-0.2, 0) is 17.9 Å². The third-order valence-corrected chi connectivity index (χ3v) is 6.38. The van der Waals surface area contributed by atoms with Crippen molar-refractivity contribution >= 4 is 23.6 Å². The van der Waals surface area contributed by atoms with E-state index in [1.54, 1.807) is 0 Å². The average molecular weight is 434 g/mol. The van der Waals surface area contributed by atoms with E-state index in [1.807, 2.05) is 11.5 Å². The molecule has 7 nitrogen and oxygen atoms in total. The maximum atomic E-state index is 13.0. The van der Waals surface area contributed by atoms with Gasteiger partial charge in [-0.05, 0) is 49.9 Å². The number of thioether (sulfide) groups is 1. The highest BCUT2D eigenvalue weighted by molar-refractivity contribution is 7.99. The molecule has 1 fully saturated rings. The lowest BCUT2D eigenvalue weighted by Gasteiger charge is -2.29. The van der Waals surface area contributed by atoms with E-state index in [-0.39, 0.29) is 36.0 Å². The Morgan fingerprint density at radius 2 is 1.93 bits per heavy atom. The zero-order chi connectivity index (χ0) is 21.5. The Kier molecular flexibility index (Phi) is 7.84. The Labute approximate surface area is 180 Å². The van der Waals surface area contributed by atoms with Crippen molar-refractivity contribution in [3.05, 3.63) is 41.5 Å². The highest BCUT2D eigenvalue weighted by Gasteiger charge is 2.23. The van der Waals surface area contributed by atoms with Gasteiger partial charge in [0.05, 0.1) is 12.3 Å². The first kappa shape index (κ1) is 22.3. The van der Waals surface area contributed by atoms with E-state index < -0.39 is 0 Å². The molecule has 0 aliphatic heterocycles. The summed E-state index contributed by atoms with van der Waals surface area (Å²) in [7, 11) is 0. The smallest absolute Gasteiger partial charge is 0.251 e. The molecule has 1 aliphatic rings. The lowest BCUT2D eigenvalue weighted by Crippen LogP contribution is -2.41. The van der Waals surface area contributed by atoms with Crippen molar-refractivity contribution in [3.63, 3.8) is 0 Å². The summed E-state index contributed by atoms with van der Waals surface area (Å²) in [5, 5.41) is 14.9. The van der Waals surface area contributed by atoms with Crippen molar-refractivity contribution in [2.75, 3.05) is 5.75 Å². The average Bonchev–Trinajstić information content (AvgIpc) is 3.14. The van der Waals surface area contributed by atoms with Crippen molar-refractivity contribution in [1.82, 2.24) is 25.4 Å². The predicted molar refractivity (Wildman–Crippen MR) is 114 cm³/mol. The highest BCUT2D eigenvalue weighted by Crippen LogP contribution is 2.24. The first-order valence-corrected chi connectivity index (χ1v) is 11.3. The van der Waals surface area contributed by atoms with Crippen LogP contribution in [0.3, 0.4) is 0 Å². The number of carbonyl (C=O) groups excluding carboxylic acids is 2. The number of nitrogens with zero attached hydrogens (tertiary/aromatic N) is 3.